The number of ether oxygens (including phenoxy) is 2. The number of anilines is 2. The molecule has 0 aliphatic carbocycles. The monoisotopic (exact) mass is 437 g/mol. The van der Waals surface area contributed by atoms with E-state index in [9.17, 15) is 0 Å². The van der Waals surface area contributed by atoms with Crippen molar-refractivity contribution >= 4 is 34.9 Å². The summed E-state index contributed by atoms with van der Waals surface area (Å²) in [5, 5.41) is 2.57. The average molecular weight is 438 g/mol. The normalized spacial score (nSPS) is 10.4. The van der Waals surface area contributed by atoms with Gasteiger partial charge in [0.2, 0.25) is 0 Å². The van der Waals surface area contributed by atoms with Crippen molar-refractivity contribution in [3.05, 3.63) is 79.0 Å². The van der Waals surface area contributed by atoms with Crippen molar-refractivity contribution in [3.63, 3.8) is 0 Å². The molecule has 7 heteroatoms. The SMILES string of the molecule is CCOc1cc(Oc2ccccc2)ccc1N(OCC)c1ncc2ccccc2n1.Cl. The molecule has 1 aromatic heterocycles. The number of benzene rings is 3. The van der Waals surface area contributed by atoms with Crippen LogP contribution < -0.4 is 14.5 Å². The number of halogens is 1. The maximum Gasteiger partial charge on any atom is 0.255 e. The van der Waals surface area contributed by atoms with Gasteiger partial charge in [0.25, 0.3) is 5.95 Å². The van der Waals surface area contributed by atoms with Crippen LogP contribution in [0.2, 0.25) is 0 Å². The molecule has 1 heterocycles. The number of hydrogen-bond donors (Lipinski definition) is 0. The van der Waals surface area contributed by atoms with Crippen LogP contribution in [0.25, 0.3) is 10.9 Å². The minimum atomic E-state index is 0. The molecule has 0 aliphatic heterocycles. The third-order valence-electron chi connectivity index (χ3n) is 4.34. The number of nitrogens with zero attached hydrogens (tertiary/aromatic N) is 3. The zero-order valence-electron chi connectivity index (χ0n) is 17.4. The molecule has 0 atom stereocenters. The van der Waals surface area contributed by atoms with Crippen LogP contribution in [0, 0.1) is 0 Å². The molecule has 0 saturated carbocycles. The molecule has 0 amide bonds. The van der Waals surface area contributed by atoms with Crippen molar-refractivity contribution in [3.8, 4) is 17.2 Å². The number of hydrogen-bond acceptors (Lipinski definition) is 6. The first-order valence-corrected chi connectivity index (χ1v) is 9.93. The van der Waals surface area contributed by atoms with E-state index >= 15 is 0 Å². The highest BCUT2D eigenvalue weighted by molar-refractivity contribution is 5.85. The summed E-state index contributed by atoms with van der Waals surface area (Å²) >= 11 is 0. The highest BCUT2D eigenvalue weighted by Crippen LogP contribution is 2.37. The van der Waals surface area contributed by atoms with Crippen LogP contribution in [0.5, 0.6) is 17.2 Å². The van der Waals surface area contributed by atoms with E-state index in [1.54, 1.807) is 11.3 Å². The van der Waals surface area contributed by atoms with Crippen LogP contribution >= 0.6 is 12.4 Å². The van der Waals surface area contributed by atoms with Crippen molar-refractivity contribution in [1.29, 1.82) is 0 Å². The quantitative estimate of drug-likeness (QED) is 0.300. The Morgan fingerprint density at radius 3 is 2.39 bits per heavy atom. The Morgan fingerprint density at radius 2 is 1.61 bits per heavy atom. The van der Waals surface area contributed by atoms with Gasteiger partial charge < -0.3 is 9.47 Å². The maximum absolute atomic E-state index is 5.95. The van der Waals surface area contributed by atoms with E-state index in [4.69, 9.17) is 14.3 Å². The van der Waals surface area contributed by atoms with Gasteiger partial charge >= 0.3 is 0 Å². The first-order valence-electron chi connectivity index (χ1n) is 9.93. The second-order valence-electron chi connectivity index (χ2n) is 6.42. The summed E-state index contributed by atoms with van der Waals surface area (Å²) in [5.41, 5.74) is 1.54. The third kappa shape index (κ3) is 5.23. The van der Waals surface area contributed by atoms with E-state index in [2.05, 4.69) is 9.97 Å². The van der Waals surface area contributed by atoms with Gasteiger partial charge in [-0.25, -0.2) is 9.97 Å². The number of fused-ring (bicyclic) bond motifs is 1. The summed E-state index contributed by atoms with van der Waals surface area (Å²) in [6.45, 7) is 4.80. The maximum atomic E-state index is 5.95. The highest BCUT2D eigenvalue weighted by Gasteiger charge is 2.19. The fraction of sp³-hybridized carbons (Fsp3) is 0.167. The number of para-hydroxylation sites is 2. The molecule has 0 saturated heterocycles. The van der Waals surface area contributed by atoms with Crippen molar-refractivity contribution in [2.24, 2.45) is 0 Å². The fourth-order valence-electron chi connectivity index (χ4n) is 3.05. The molecular weight excluding hydrogens is 414 g/mol. The van der Waals surface area contributed by atoms with E-state index in [1.165, 1.54) is 0 Å². The molecule has 4 aromatic rings. The minimum Gasteiger partial charge on any atom is -0.491 e. The Balaban J connectivity index is 0.00000272. The fourth-order valence-corrected chi connectivity index (χ4v) is 3.05. The molecule has 31 heavy (non-hydrogen) atoms. The lowest BCUT2D eigenvalue weighted by atomic mass is 10.2. The van der Waals surface area contributed by atoms with E-state index in [1.807, 2.05) is 86.6 Å². The van der Waals surface area contributed by atoms with Crippen LogP contribution in [-0.2, 0) is 4.84 Å². The van der Waals surface area contributed by atoms with Crippen LogP contribution in [-0.4, -0.2) is 23.2 Å². The van der Waals surface area contributed by atoms with Gasteiger partial charge in [0.1, 0.15) is 22.9 Å². The number of aromatic nitrogens is 2. The molecule has 0 fully saturated rings. The summed E-state index contributed by atoms with van der Waals surface area (Å²) in [5.74, 6) is 2.49. The molecule has 0 radical (unpaired) electrons. The lowest BCUT2D eigenvalue weighted by molar-refractivity contribution is 0.144. The number of rotatable bonds is 8. The van der Waals surface area contributed by atoms with Crippen molar-refractivity contribution in [1.82, 2.24) is 9.97 Å². The second kappa shape index (κ2) is 10.6. The van der Waals surface area contributed by atoms with Gasteiger partial charge in [0.05, 0.1) is 18.7 Å². The Morgan fingerprint density at radius 1 is 0.839 bits per heavy atom. The molecule has 6 nitrogen and oxygen atoms in total. The van der Waals surface area contributed by atoms with Gasteiger partial charge in [0.15, 0.2) is 0 Å². The molecule has 0 N–H and O–H groups in total. The predicted molar refractivity (Wildman–Crippen MR) is 125 cm³/mol. The predicted octanol–water partition coefficient (Wildman–Crippen LogP) is 6.33. The molecule has 4 rings (SSSR count). The Hall–Kier alpha value is -3.35. The standard InChI is InChI=1S/C24H23N3O3.ClH/c1-3-28-23-16-20(30-19-11-6-5-7-12-19)14-15-22(23)27(29-4-2)24-25-17-18-10-8-9-13-21(18)26-24;/h5-17H,3-4H2,1-2H3;1H. The molecule has 160 valence electrons. The van der Waals surface area contributed by atoms with Crippen molar-refractivity contribution in [2.75, 3.05) is 18.3 Å². The minimum absolute atomic E-state index is 0. The van der Waals surface area contributed by atoms with Gasteiger partial charge in [-0.05, 0) is 44.2 Å². The summed E-state index contributed by atoms with van der Waals surface area (Å²) in [6.07, 6.45) is 1.79. The summed E-state index contributed by atoms with van der Waals surface area (Å²) in [7, 11) is 0. The lowest BCUT2D eigenvalue weighted by Gasteiger charge is -2.24. The van der Waals surface area contributed by atoms with Gasteiger partial charge in [-0.1, -0.05) is 36.4 Å². The van der Waals surface area contributed by atoms with Gasteiger partial charge in [-0.2, -0.15) is 5.06 Å². The molecule has 0 bridgehead atoms. The zero-order valence-corrected chi connectivity index (χ0v) is 18.2. The summed E-state index contributed by atoms with van der Waals surface area (Å²) in [4.78, 5) is 15.1. The van der Waals surface area contributed by atoms with Crippen molar-refractivity contribution < 1.29 is 14.3 Å². The Kier molecular flexibility index (Phi) is 7.65. The largest absolute Gasteiger partial charge is 0.491 e. The molecule has 0 spiro atoms. The third-order valence-corrected chi connectivity index (χ3v) is 4.34. The molecule has 0 aliphatic rings. The Labute approximate surface area is 187 Å². The van der Waals surface area contributed by atoms with Gasteiger partial charge in [-0.3, -0.25) is 4.84 Å². The van der Waals surface area contributed by atoms with Gasteiger partial charge in [0, 0.05) is 17.6 Å². The summed E-state index contributed by atoms with van der Waals surface area (Å²) < 4.78 is 11.8. The second-order valence-corrected chi connectivity index (χ2v) is 6.42. The van der Waals surface area contributed by atoms with Crippen LogP contribution in [0.1, 0.15) is 13.8 Å². The van der Waals surface area contributed by atoms with Crippen LogP contribution in [0.15, 0.2) is 79.0 Å². The van der Waals surface area contributed by atoms with Crippen LogP contribution in [0.4, 0.5) is 11.6 Å². The average Bonchev–Trinajstić information content (AvgIpc) is 2.79. The van der Waals surface area contributed by atoms with E-state index < -0.39 is 0 Å². The topological polar surface area (TPSA) is 56.7 Å². The zero-order chi connectivity index (χ0) is 20.8. The Bertz CT molecular complexity index is 1130. The molecule has 3 aromatic carbocycles. The van der Waals surface area contributed by atoms with E-state index in [0.717, 1.165) is 16.7 Å². The first-order chi connectivity index (χ1) is 14.8. The van der Waals surface area contributed by atoms with Crippen molar-refractivity contribution in [2.45, 2.75) is 13.8 Å². The summed E-state index contributed by atoms with van der Waals surface area (Å²) in [6, 6.07) is 23.1. The highest BCUT2D eigenvalue weighted by atomic mass is 35.5. The van der Waals surface area contributed by atoms with Gasteiger partial charge in [-0.15, -0.1) is 12.4 Å². The molecular formula is C24H24ClN3O3. The lowest BCUT2D eigenvalue weighted by Crippen LogP contribution is -2.21. The first kappa shape index (κ1) is 22.3. The molecule has 0 unspecified atom stereocenters. The van der Waals surface area contributed by atoms with Crippen LogP contribution in [0.3, 0.4) is 0 Å². The van der Waals surface area contributed by atoms with E-state index in [-0.39, 0.29) is 12.4 Å². The smallest absolute Gasteiger partial charge is 0.255 e. The van der Waals surface area contributed by atoms with E-state index in [0.29, 0.717) is 36.3 Å².